The molecule has 0 radical (unpaired) electrons. The quantitative estimate of drug-likeness (QED) is 0.334. The summed E-state index contributed by atoms with van der Waals surface area (Å²) in [5.74, 6) is -1.02. The maximum absolute atomic E-state index is 9.76. The molecule has 0 aliphatic carbocycles. The van der Waals surface area contributed by atoms with Crippen LogP contribution in [-0.4, -0.2) is 11.1 Å². The number of carbonyl (C=O) groups is 1. The van der Waals surface area contributed by atoms with E-state index in [0.29, 0.717) is 0 Å². The van der Waals surface area contributed by atoms with Gasteiger partial charge in [0.05, 0.1) is 6.07 Å². The summed E-state index contributed by atoms with van der Waals surface area (Å²) in [6.45, 7) is 0. The van der Waals surface area contributed by atoms with E-state index in [4.69, 9.17) is 10.4 Å². The van der Waals surface area contributed by atoms with E-state index in [2.05, 4.69) is 0 Å². The lowest BCUT2D eigenvalue weighted by molar-refractivity contribution is -0.131. The van der Waals surface area contributed by atoms with Gasteiger partial charge in [-0.1, -0.05) is 12.2 Å². The van der Waals surface area contributed by atoms with E-state index in [0.717, 1.165) is 6.08 Å². The largest absolute Gasteiger partial charge is 0.478 e. The molecule has 0 atom stereocenters. The highest BCUT2D eigenvalue weighted by molar-refractivity contribution is 5.80. The van der Waals surface area contributed by atoms with E-state index < -0.39 is 5.97 Å². The summed E-state index contributed by atoms with van der Waals surface area (Å²) < 4.78 is 0. The lowest BCUT2D eigenvalue weighted by Crippen LogP contribution is -1.84. The predicted molar refractivity (Wildman–Crippen MR) is 31.5 cm³/mol. The molecule has 3 nitrogen and oxygen atoms in total. The Morgan fingerprint density at radius 1 is 1.56 bits per heavy atom. The van der Waals surface area contributed by atoms with Gasteiger partial charge in [0.1, 0.15) is 0 Å². The van der Waals surface area contributed by atoms with Crippen molar-refractivity contribution in [1.82, 2.24) is 0 Å². The lowest BCUT2D eigenvalue weighted by atomic mass is 10.4. The van der Waals surface area contributed by atoms with Crippen molar-refractivity contribution in [2.24, 2.45) is 0 Å². The van der Waals surface area contributed by atoms with Crippen LogP contribution in [0.4, 0.5) is 0 Å². The van der Waals surface area contributed by atoms with Gasteiger partial charge in [0.15, 0.2) is 0 Å². The summed E-state index contributed by atoms with van der Waals surface area (Å²) in [6, 6.07) is 1.72. The molecule has 46 valence electrons. The molecule has 0 aliphatic heterocycles. The predicted octanol–water partition coefficient (Wildman–Crippen LogP) is 0.707. The number of hydrogen-bond acceptors (Lipinski definition) is 2. The highest BCUT2D eigenvalue weighted by atomic mass is 16.4. The van der Waals surface area contributed by atoms with Gasteiger partial charge < -0.3 is 5.11 Å². The molecule has 0 bridgehead atoms. The van der Waals surface area contributed by atoms with Crippen LogP contribution < -0.4 is 0 Å². The normalized spacial score (nSPS) is 10.1. The van der Waals surface area contributed by atoms with Crippen molar-refractivity contribution in [2.45, 2.75) is 0 Å². The van der Waals surface area contributed by atoms with Crippen LogP contribution in [0.15, 0.2) is 24.3 Å². The second kappa shape index (κ2) is 4.60. The summed E-state index contributed by atoms with van der Waals surface area (Å²) >= 11 is 0. The molecule has 0 spiro atoms. The fraction of sp³-hybridized carbons (Fsp3) is 0. The van der Waals surface area contributed by atoms with E-state index in [-0.39, 0.29) is 0 Å². The summed E-state index contributed by atoms with van der Waals surface area (Å²) in [5.41, 5.74) is 0. The van der Waals surface area contributed by atoms with Gasteiger partial charge in [-0.2, -0.15) is 5.26 Å². The molecule has 0 saturated heterocycles. The summed E-state index contributed by atoms with van der Waals surface area (Å²) in [5, 5.41) is 15.9. The molecule has 0 fully saturated rings. The number of allylic oxidation sites excluding steroid dienone is 3. The molecule has 0 rings (SSSR count). The molecule has 0 aliphatic rings. The number of nitrogens with zero attached hydrogens (tertiary/aromatic N) is 1. The molecule has 0 heterocycles. The van der Waals surface area contributed by atoms with Gasteiger partial charge in [-0.25, -0.2) is 4.79 Å². The van der Waals surface area contributed by atoms with Crippen molar-refractivity contribution >= 4 is 5.97 Å². The molecule has 0 aromatic rings. The molecular formula is C6H5NO2. The Hall–Kier alpha value is -1.56. The Morgan fingerprint density at radius 2 is 2.22 bits per heavy atom. The zero-order valence-electron chi connectivity index (χ0n) is 4.61. The Morgan fingerprint density at radius 3 is 2.67 bits per heavy atom. The van der Waals surface area contributed by atoms with E-state index in [1.54, 1.807) is 6.07 Å². The van der Waals surface area contributed by atoms with Crippen LogP contribution in [0, 0.1) is 11.3 Å². The maximum atomic E-state index is 9.76. The van der Waals surface area contributed by atoms with Crippen LogP contribution >= 0.6 is 0 Å². The molecule has 9 heavy (non-hydrogen) atoms. The van der Waals surface area contributed by atoms with Gasteiger partial charge in [0.2, 0.25) is 0 Å². The molecule has 1 N–H and O–H groups in total. The molecule has 0 saturated carbocycles. The highest BCUT2D eigenvalue weighted by Crippen LogP contribution is 1.74. The Kier molecular flexibility index (Phi) is 3.80. The van der Waals surface area contributed by atoms with Crippen molar-refractivity contribution in [2.75, 3.05) is 0 Å². The molecule has 3 heteroatoms. The standard InChI is InChI=1S/C6H5NO2/c7-5-3-1-2-4-6(8)9/h1-4H,(H,8,9)/b3-1+,4-2?. The first-order valence-corrected chi connectivity index (χ1v) is 2.23. The van der Waals surface area contributed by atoms with Crippen molar-refractivity contribution in [1.29, 1.82) is 5.26 Å². The third-order valence-corrected chi connectivity index (χ3v) is 0.521. The minimum atomic E-state index is -1.02. The van der Waals surface area contributed by atoms with E-state index in [1.165, 1.54) is 18.2 Å². The SMILES string of the molecule is N#C/C=C/C=CC(=O)O. The maximum Gasteiger partial charge on any atom is 0.328 e. The van der Waals surface area contributed by atoms with Gasteiger partial charge >= 0.3 is 5.97 Å². The van der Waals surface area contributed by atoms with E-state index >= 15 is 0 Å². The van der Waals surface area contributed by atoms with Gasteiger partial charge in [-0.3, -0.25) is 0 Å². The van der Waals surface area contributed by atoms with Crippen LogP contribution in [0.25, 0.3) is 0 Å². The smallest absolute Gasteiger partial charge is 0.328 e. The van der Waals surface area contributed by atoms with Gasteiger partial charge in [-0.15, -0.1) is 0 Å². The topological polar surface area (TPSA) is 61.1 Å². The minimum absolute atomic E-state index is 0.952. The Bertz CT molecular complexity index is 186. The Balaban J connectivity index is 3.63. The van der Waals surface area contributed by atoms with Crippen LogP contribution in [0.5, 0.6) is 0 Å². The number of nitriles is 1. The zero-order valence-corrected chi connectivity index (χ0v) is 4.61. The summed E-state index contributed by atoms with van der Waals surface area (Å²) in [4.78, 5) is 9.76. The van der Waals surface area contributed by atoms with E-state index in [9.17, 15) is 4.79 Å². The summed E-state index contributed by atoms with van der Waals surface area (Å²) in [7, 11) is 0. The van der Waals surface area contributed by atoms with Crippen molar-refractivity contribution in [3.8, 4) is 6.07 Å². The highest BCUT2D eigenvalue weighted by Gasteiger charge is 1.78. The molecule has 0 unspecified atom stereocenters. The second-order valence-electron chi connectivity index (χ2n) is 1.19. The van der Waals surface area contributed by atoms with Crippen molar-refractivity contribution in [3.63, 3.8) is 0 Å². The fourth-order valence-corrected chi connectivity index (χ4v) is 0.236. The number of carboxylic acids is 1. The number of rotatable bonds is 2. The zero-order chi connectivity index (χ0) is 7.11. The summed E-state index contributed by atoms with van der Waals surface area (Å²) in [6.07, 6.45) is 4.78. The monoisotopic (exact) mass is 123 g/mol. The van der Waals surface area contributed by atoms with Crippen LogP contribution in [-0.2, 0) is 4.79 Å². The van der Waals surface area contributed by atoms with Crippen LogP contribution in [0.3, 0.4) is 0 Å². The first kappa shape index (κ1) is 7.44. The number of aliphatic carboxylic acids is 1. The average Bonchev–Trinajstić information content (AvgIpc) is 1.80. The second-order valence-corrected chi connectivity index (χ2v) is 1.19. The van der Waals surface area contributed by atoms with E-state index in [1.807, 2.05) is 0 Å². The van der Waals surface area contributed by atoms with Crippen LogP contribution in [0.1, 0.15) is 0 Å². The Labute approximate surface area is 52.5 Å². The molecule has 0 aromatic carbocycles. The number of carboxylic acid groups (broad SMARTS) is 1. The van der Waals surface area contributed by atoms with Gasteiger partial charge in [-0.05, 0) is 0 Å². The van der Waals surface area contributed by atoms with Gasteiger partial charge in [0, 0.05) is 12.2 Å². The first-order valence-electron chi connectivity index (χ1n) is 2.23. The van der Waals surface area contributed by atoms with Crippen LogP contribution in [0.2, 0.25) is 0 Å². The van der Waals surface area contributed by atoms with Gasteiger partial charge in [0.25, 0.3) is 0 Å². The first-order chi connectivity index (χ1) is 4.27. The third kappa shape index (κ3) is 6.44. The molecule has 0 aromatic heterocycles. The number of hydrogen-bond donors (Lipinski definition) is 1. The van der Waals surface area contributed by atoms with Crippen molar-refractivity contribution in [3.05, 3.63) is 24.3 Å². The minimum Gasteiger partial charge on any atom is -0.478 e. The fourth-order valence-electron chi connectivity index (χ4n) is 0.236. The lowest BCUT2D eigenvalue weighted by Gasteiger charge is -1.71. The molecular weight excluding hydrogens is 118 g/mol. The third-order valence-electron chi connectivity index (χ3n) is 0.521. The van der Waals surface area contributed by atoms with Crippen molar-refractivity contribution < 1.29 is 9.90 Å². The molecule has 0 amide bonds. The average molecular weight is 123 g/mol.